The summed E-state index contributed by atoms with van der Waals surface area (Å²) in [6, 6.07) is 5.91. The molecular formula is C15H19NO4S. The summed E-state index contributed by atoms with van der Waals surface area (Å²) < 4.78 is 0. The number of rotatable bonds is 7. The van der Waals surface area contributed by atoms with E-state index in [1.807, 2.05) is 13.8 Å². The van der Waals surface area contributed by atoms with Crippen LogP contribution in [-0.4, -0.2) is 34.6 Å². The standard InChI is InChI=1S/C15H19NO4S/c1-9(2)14(10(3)17)16-13(18)8-21-12-6-4-5-11(7-12)15(19)20/h4-7,9,14H,8H2,1-3H3,(H,16,18)(H,19,20). The van der Waals surface area contributed by atoms with Crippen LogP contribution in [0.5, 0.6) is 0 Å². The van der Waals surface area contributed by atoms with Crippen molar-refractivity contribution in [1.29, 1.82) is 0 Å². The molecule has 0 aliphatic carbocycles. The SMILES string of the molecule is CC(=O)C(NC(=O)CSc1cccc(C(=O)O)c1)C(C)C. The van der Waals surface area contributed by atoms with Crippen molar-refractivity contribution < 1.29 is 19.5 Å². The fourth-order valence-corrected chi connectivity index (χ4v) is 2.59. The van der Waals surface area contributed by atoms with Crippen molar-refractivity contribution >= 4 is 29.4 Å². The van der Waals surface area contributed by atoms with Crippen LogP contribution in [-0.2, 0) is 9.59 Å². The maximum absolute atomic E-state index is 11.9. The Kier molecular flexibility index (Phi) is 6.42. The molecule has 0 radical (unpaired) electrons. The third-order valence-corrected chi connectivity index (χ3v) is 3.87. The molecular weight excluding hydrogens is 290 g/mol. The molecule has 0 aromatic heterocycles. The van der Waals surface area contributed by atoms with Gasteiger partial charge in [-0.3, -0.25) is 9.59 Å². The minimum atomic E-state index is -1.00. The second-order valence-electron chi connectivity index (χ2n) is 5.02. The van der Waals surface area contributed by atoms with Gasteiger partial charge in [-0.25, -0.2) is 4.79 Å². The Labute approximate surface area is 128 Å². The Hall–Kier alpha value is -1.82. The first kappa shape index (κ1) is 17.2. The van der Waals surface area contributed by atoms with Crippen LogP contribution in [0.25, 0.3) is 0 Å². The average molecular weight is 309 g/mol. The molecule has 6 heteroatoms. The van der Waals surface area contributed by atoms with Gasteiger partial charge in [0.1, 0.15) is 0 Å². The van der Waals surface area contributed by atoms with Crippen LogP contribution in [0, 0.1) is 5.92 Å². The summed E-state index contributed by atoms with van der Waals surface area (Å²) in [5.41, 5.74) is 0.184. The molecule has 2 N–H and O–H groups in total. The quantitative estimate of drug-likeness (QED) is 0.754. The monoisotopic (exact) mass is 309 g/mol. The van der Waals surface area contributed by atoms with Crippen molar-refractivity contribution in [2.45, 2.75) is 31.7 Å². The van der Waals surface area contributed by atoms with Gasteiger partial charge in [0.15, 0.2) is 5.78 Å². The molecule has 0 heterocycles. The Bertz CT molecular complexity index is 542. The van der Waals surface area contributed by atoms with Crippen LogP contribution < -0.4 is 5.32 Å². The van der Waals surface area contributed by atoms with Gasteiger partial charge in [-0.15, -0.1) is 11.8 Å². The summed E-state index contributed by atoms with van der Waals surface area (Å²) in [6.45, 7) is 5.19. The van der Waals surface area contributed by atoms with E-state index in [2.05, 4.69) is 5.32 Å². The number of hydrogen-bond donors (Lipinski definition) is 2. The first-order chi connectivity index (χ1) is 9.81. The zero-order valence-corrected chi connectivity index (χ0v) is 13.1. The molecule has 0 fully saturated rings. The van der Waals surface area contributed by atoms with Crippen molar-refractivity contribution in [3.05, 3.63) is 29.8 Å². The van der Waals surface area contributed by atoms with Gasteiger partial charge in [0.05, 0.1) is 17.4 Å². The predicted molar refractivity (Wildman–Crippen MR) is 81.6 cm³/mol. The third kappa shape index (κ3) is 5.59. The Morgan fingerprint density at radius 3 is 2.48 bits per heavy atom. The van der Waals surface area contributed by atoms with Crippen molar-refractivity contribution in [2.24, 2.45) is 5.92 Å². The highest BCUT2D eigenvalue weighted by Gasteiger charge is 2.20. The summed E-state index contributed by atoms with van der Waals surface area (Å²) in [6.07, 6.45) is 0. The van der Waals surface area contributed by atoms with Crippen molar-refractivity contribution in [3.63, 3.8) is 0 Å². The van der Waals surface area contributed by atoms with Crippen molar-refractivity contribution in [1.82, 2.24) is 5.32 Å². The average Bonchev–Trinajstić information content (AvgIpc) is 2.42. The summed E-state index contributed by atoms with van der Waals surface area (Å²) in [7, 11) is 0. The van der Waals surface area contributed by atoms with Gasteiger partial charge in [-0.2, -0.15) is 0 Å². The van der Waals surface area contributed by atoms with Gasteiger partial charge in [-0.1, -0.05) is 19.9 Å². The maximum Gasteiger partial charge on any atom is 0.335 e. The number of thioether (sulfide) groups is 1. The molecule has 0 bridgehead atoms. The highest BCUT2D eigenvalue weighted by atomic mass is 32.2. The van der Waals surface area contributed by atoms with E-state index in [0.29, 0.717) is 4.90 Å². The minimum absolute atomic E-state index is 0.0341. The number of nitrogens with one attached hydrogen (secondary N) is 1. The lowest BCUT2D eigenvalue weighted by Crippen LogP contribution is -2.44. The first-order valence-electron chi connectivity index (χ1n) is 6.57. The van der Waals surface area contributed by atoms with Crippen molar-refractivity contribution in [3.8, 4) is 0 Å². The number of carbonyl (C=O) groups excluding carboxylic acids is 2. The molecule has 1 rings (SSSR count). The van der Waals surface area contributed by atoms with Crippen LogP contribution in [0.1, 0.15) is 31.1 Å². The molecule has 21 heavy (non-hydrogen) atoms. The van der Waals surface area contributed by atoms with Gasteiger partial charge in [0.25, 0.3) is 0 Å². The Morgan fingerprint density at radius 2 is 1.95 bits per heavy atom. The number of ketones is 1. The second kappa shape index (κ2) is 7.83. The summed E-state index contributed by atoms with van der Waals surface area (Å²) >= 11 is 1.24. The molecule has 1 aromatic carbocycles. The number of benzene rings is 1. The lowest BCUT2D eigenvalue weighted by molar-refractivity contribution is -0.126. The number of Topliss-reactive ketones (excluding diaryl/α,β-unsaturated/α-hetero) is 1. The number of carboxylic acid groups (broad SMARTS) is 1. The molecule has 0 aliphatic heterocycles. The maximum atomic E-state index is 11.9. The summed E-state index contributed by atoms with van der Waals surface area (Å²) in [5, 5.41) is 11.6. The van der Waals surface area contributed by atoms with E-state index in [1.54, 1.807) is 12.1 Å². The Balaban J connectivity index is 2.58. The number of aromatic carboxylic acids is 1. The van der Waals surface area contributed by atoms with Gasteiger partial charge < -0.3 is 10.4 Å². The lowest BCUT2D eigenvalue weighted by Gasteiger charge is -2.19. The number of amides is 1. The third-order valence-electron chi connectivity index (χ3n) is 2.87. The minimum Gasteiger partial charge on any atom is -0.478 e. The molecule has 0 saturated carbocycles. The van der Waals surface area contributed by atoms with E-state index in [9.17, 15) is 14.4 Å². The molecule has 5 nitrogen and oxygen atoms in total. The first-order valence-corrected chi connectivity index (χ1v) is 7.55. The molecule has 114 valence electrons. The zero-order chi connectivity index (χ0) is 16.0. The van der Waals surface area contributed by atoms with Gasteiger partial charge >= 0.3 is 5.97 Å². The van der Waals surface area contributed by atoms with E-state index in [-0.39, 0.29) is 28.9 Å². The molecule has 1 amide bonds. The molecule has 1 unspecified atom stereocenters. The van der Waals surface area contributed by atoms with Crippen LogP contribution in [0.2, 0.25) is 0 Å². The van der Waals surface area contributed by atoms with Crippen LogP contribution in [0.3, 0.4) is 0 Å². The van der Waals surface area contributed by atoms with E-state index in [4.69, 9.17) is 5.11 Å². The van der Waals surface area contributed by atoms with Gasteiger partial charge in [-0.05, 0) is 31.0 Å². The van der Waals surface area contributed by atoms with E-state index in [0.717, 1.165) is 0 Å². The van der Waals surface area contributed by atoms with Crippen LogP contribution in [0.4, 0.5) is 0 Å². The normalized spacial score (nSPS) is 12.0. The largest absolute Gasteiger partial charge is 0.478 e. The molecule has 0 spiro atoms. The summed E-state index contributed by atoms with van der Waals surface area (Å²) in [4.78, 5) is 34.8. The predicted octanol–water partition coefficient (Wildman–Crippen LogP) is 2.21. The smallest absolute Gasteiger partial charge is 0.335 e. The van der Waals surface area contributed by atoms with Crippen molar-refractivity contribution in [2.75, 3.05) is 5.75 Å². The topological polar surface area (TPSA) is 83.5 Å². The number of carbonyl (C=O) groups is 3. The second-order valence-corrected chi connectivity index (χ2v) is 6.07. The zero-order valence-electron chi connectivity index (χ0n) is 12.3. The Morgan fingerprint density at radius 1 is 1.29 bits per heavy atom. The highest BCUT2D eigenvalue weighted by molar-refractivity contribution is 8.00. The van der Waals surface area contributed by atoms with Gasteiger partial charge in [0, 0.05) is 4.90 Å². The van der Waals surface area contributed by atoms with E-state index in [1.165, 1.54) is 30.8 Å². The van der Waals surface area contributed by atoms with E-state index >= 15 is 0 Å². The lowest BCUT2D eigenvalue weighted by atomic mass is 10.0. The molecule has 0 aliphatic rings. The molecule has 1 atom stereocenters. The van der Waals surface area contributed by atoms with E-state index < -0.39 is 12.0 Å². The number of carboxylic acids is 1. The molecule has 1 aromatic rings. The van der Waals surface area contributed by atoms with Crippen LogP contribution >= 0.6 is 11.8 Å². The molecule has 0 saturated heterocycles. The van der Waals surface area contributed by atoms with Crippen LogP contribution in [0.15, 0.2) is 29.2 Å². The fourth-order valence-electron chi connectivity index (χ4n) is 1.82. The highest BCUT2D eigenvalue weighted by Crippen LogP contribution is 2.19. The van der Waals surface area contributed by atoms with Gasteiger partial charge in [0.2, 0.25) is 5.91 Å². The number of hydrogen-bond acceptors (Lipinski definition) is 4. The fraction of sp³-hybridized carbons (Fsp3) is 0.400. The summed E-state index contributed by atoms with van der Waals surface area (Å²) in [5.74, 6) is -1.14.